The van der Waals surface area contributed by atoms with Crippen LogP contribution in [0, 0.1) is 0 Å². The van der Waals surface area contributed by atoms with Gasteiger partial charge in [0.1, 0.15) is 12.4 Å². The molecule has 2 heterocycles. The highest BCUT2D eigenvalue weighted by Crippen LogP contribution is 2.31. The molecule has 9 nitrogen and oxygen atoms in total. The van der Waals surface area contributed by atoms with Crippen LogP contribution in [0.3, 0.4) is 0 Å². The Labute approximate surface area is 143 Å². The van der Waals surface area contributed by atoms with Crippen molar-refractivity contribution in [1.82, 2.24) is 30.4 Å². The molecule has 2 aromatic rings. The summed E-state index contributed by atoms with van der Waals surface area (Å²) >= 11 is 0. The van der Waals surface area contributed by atoms with Gasteiger partial charge >= 0.3 is 0 Å². The van der Waals surface area contributed by atoms with Gasteiger partial charge in [-0.1, -0.05) is 12.1 Å². The van der Waals surface area contributed by atoms with Crippen molar-refractivity contribution in [2.24, 2.45) is 0 Å². The van der Waals surface area contributed by atoms with Crippen LogP contribution in [-0.2, 0) is 20.8 Å². The Morgan fingerprint density at radius 1 is 1.24 bits per heavy atom. The summed E-state index contributed by atoms with van der Waals surface area (Å²) in [5.41, 5.74) is 1.62. The number of carbonyl (C=O) groups is 3. The third kappa shape index (κ3) is 3.12. The summed E-state index contributed by atoms with van der Waals surface area (Å²) in [5.74, 6) is -0.828. The Bertz CT molecular complexity index is 813. The number of hydrogen-bond acceptors (Lipinski definition) is 6. The predicted octanol–water partition coefficient (Wildman–Crippen LogP) is -0.389. The first-order valence-corrected chi connectivity index (χ1v) is 8.09. The Hall–Kier alpha value is -3.10. The molecule has 1 atom stereocenters. The van der Waals surface area contributed by atoms with Gasteiger partial charge in [-0.2, -0.15) is 0 Å². The van der Waals surface area contributed by atoms with E-state index in [-0.39, 0.29) is 36.6 Å². The fourth-order valence-corrected chi connectivity index (χ4v) is 3.06. The molecule has 9 heteroatoms. The highest BCUT2D eigenvalue weighted by atomic mass is 16.2. The maximum atomic E-state index is 12.7. The molecular weight excluding hydrogens is 324 g/mol. The van der Waals surface area contributed by atoms with E-state index in [0.717, 1.165) is 24.1 Å². The van der Waals surface area contributed by atoms with Crippen molar-refractivity contribution in [3.63, 3.8) is 0 Å². The lowest BCUT2D eigenvalue weighted by atomic mass is 10.1. The molecule has 25 heavy (non-hydrogen) atoms. The largest absolute Gasteiger partial charge is 0.327 e. The number of benzene rings is 1. The Balaban J connectivity index is 1.48. The lowest BCUT2D eigenvalue weighted by molar-refractivity contribution is -0.139. The Kier molecular flexibility index (Phi) is 3.75. The van der Waals surface area contributed by atoms with Gasteiger partial charge in [-0.05, 0) is 41.0 Å². The van der Waals surface area contributed by atoms with Gasteiger partial charge in [0.2, 0.25) is 17.7 Å². The molecule has 2 fully saturated rings. The number of rotatable bonds is 5. The average Bonchev–Trinajstić information content (AvgIpc) is 3.15. The van der Waals surface area contributed by atoms with Crippen molar-refractivity contribution in [3.8, 4) is 5.69 Å². The van der Waals surface area contributed by atoms with Gasteiger partial charge in [0.15, 0.2) is 0 Å². The molecule has 1 saturated heterocycles. The zero-order chi connectivity index (χ0) is 17.4. The summed E-state index contributed by atoms with van der Waals surface area (Å²) in [4.78, 5) is 37.7. The van der Waals surface area contributed by atoms with Crippen LogP contribution in [0.25, 0.3) is 5.69 Å². The molecule has 0 radical (unpaired) electrons. The van der Waals surface area contributed by atoms with Crippen LogP contribution in [0.4, 0.5) is 0 Å². The van der Waals surface area contributed by atoms with E-state index in [1.807, 2.05) is 24.3 Å². The fraction of sp³-hybridized carbons (Fsp3) is 0.375. The SMILES string of the molecule is O=C1C[C@H](N(C(=O)Cc2ccc(-n3cnnn3)cc2)C2CC2)C(=O)N1. The molecule has 1 aromatic carbocycles. The molecule has 1 aliphatic heterocycles. The zero-order valence-electron chi connectivity index (χ0n) is 13.3. The van der Waals surface area contributed by atoms with Gasteiger partial charge in [0.05, 0.1) is 18.5 Å². The molecule has 2 aliphatic rings. The van der Waals surface area contributed by atoms with E-state index in [1.54, 1.807) is 4.90 Å². The summed E-state index contributed by atoms with van der Waals surface area (Å²) in [7, 11) is 0. The monoisotopic (exact) mass is 340 g/mol. The first-order valence-electron chi connectivity index (χ1n) is 8.09. The van der Waals surface area contributed by atoms with Crippen LogP contribution < -0.4 is 5.32 Å². The highest BCUT2D eigenvalue weighted by molar-refractivity contribution is 6.07. The van der Waals surface area contributed by atoms with Crippen LogP contribution in [0.5, 0.6) is 0 Å². The third-order valence-electron chi connectivity index (χ3n) is 4.41. The fourth-order valence-electron chi connectivity index (χ4n) is 3.06. The van der Waals surface area contributed by atoms with E-state index in [0.29, 0.717) is 0 Å². The number of hydrogen-bond donors (Lipinski definition) is 1. The summed E-state index contributed by atoms with van der Waals surface area (Å²) in [5, 5.41) is 13.3. The van der Waals surface area contributed by atoms with E-state index in [1.165, 1.54) is 11.0 Å². The number of nitrogens with one attached hydrogen (secondary N) is 1. The second kappa shape index (κ2) is 6.08. The van der Waals surface area contributed by atoms with E-state index in [2.05, 4.69) is 20.8 Å². The van der Waals surface area contributed by atoms with Gasteiger partial charge in [-0.25, -0.2) is 4.68 Å². The van der Waals surface area contributed by atoms with Gasteiger partial charge in [0.25, 0.3) is 0 Å². The minimum Gasteiger partial charge on any atom is -0.327 e. The highest BCUT2D eigenvalue weighted by Gasteiger charge is 2.44. The maximum Gasteiger partial charge on any atom is 0.249 e. The second-order valence-corrected chi connectivity index (χ2v) is 6.26. The van der Waals surface area contributed by atoms with Crippen LogP contribution >= 0.6 is 0 Å². The third-order valence-corrected chi connectivity index (χ3v) is 4.41. The van der Waals surface area contributed by atoms with E-state index < -0.39 is 6.04 Å². The number of tetrazole rings is 1. The lowest BCUT2D eigenvalue weighted by Crippen LogP contribution is -2.46. The summed E-state index contributed by atoms with van der Waals surface area (Å²) in [6.07, 6.45) is 3.48. The minimum atomic E-state index is -0.673. The van der Waals surface area contributed by atoms with Gasteiger partial charge in [0, 0.05) is 6.04 Å². The van der Waals surface area contributed by atoms with Crippen LogP contribution in [0.2, 0.25) is 0 Å². The molecule has 0 unspecified atom stereocenters. The second-order valence-electron chi connectivity index (χ2n) is 6.26. The molecule has 1 N–H and O–H groups in total. The number of nitrogens with zero attached hydrogens (tertiary/aromatic N) is 5. The van der Waals surface area contributed by atoms with Crippen molar-refractivity contribution < 1.29 is 14.4 Å². The zero-order valence-corrected chi connectivity index (χ0v) is 13.3. The number of carbonyl (C=O) groups excluding carboxylic acids is 3. The smallest absolute Gasteiger partial charge is 0.249 e. The number of amides is 3. The molecule has 3 amide bonds. The number of aromatic nitrogens is 4. The van der Waals surface area contributed by atoms with Gasteiger partial charge in [-0.15, -0.1) is 5.10 Å². The maximum absolute atomic E-state index is 12.7. The number of imide groups is 1. The predicted molar refractivity (Wildman–Crippen MR) is 84.3 cm³/mol. The molecule has 1 aromatic heterocycles. The molecular formula is C16H16N6O3. The van der Waals surface area contributed by atoms with Gasteiger partial charge in [-0.3, -0.25) is 19.7 Å². The van der Waals surface area contributed by atoms with E-state index in [9.17, 15) is 14.4 Å². The van der Waals surface area contributed by atoms with Crippen LogP contribution in [0.1, 0.15) is 24.8 Å². The first kappa shape index (κ1) is 15.4. The topological polar surface area (TPSA) is 110 Å². The molecule has 1 saturated carbocycles. The summed E-state index contributed by atoms with van der Waals surface area (Å²) in [6, 6.07) is 6.71. The van der Waals surface area contributed by atoms with E-state index in [4.69, 9.17) is 0 Å². The standard InChI is InChI=1S/C16H16N6O3/c23-14-8-13(16(25)18-14)22(12-5-6-12)15(24)7-10-1-3-11(4-2-10)21-9-17-19-20-21/h1-4,9,12-13H,5-8H2,(H,18,23,25)/t13-/m0/s1. The van der Waals surface area contributed by atoms with Crippen molar-refractivity contribution in [2.45, 2.75) is 37.8 Å². The molecule has 4 rings (SSSR count). The first-order chi connectivity index (χ1) is 12.1. The summed E-state index contributed by atoms with van der Waals surface area (Å²) in [6.45, 7) is 0. The van der Waals surface area contributed by atoms with Crippen LogP contribution in [0.15, 0.2) is 30.6 Å². The van der Waals surface area contributed by atoms with Crippen molar-refractivity contribution in [3.05, 3.63) is 36.2 Å². The Morgan fingerprint density at radius 3 is 2.56 bits per heavy atom. The quantitative estimate of drug-likeness (QED) is 0.742. The molecule has 128 valence electrons. The van der Waals surface area contributed by atoms with Crippen LogP contribution in [-0.4, -0.2) is 54.9 Å². The molecule has 1 aliphatic carbocycles. The van der Waals surface area contributed by atoms with Crippen molar-refractivity contribution in [2.75, 3.05) is 0 Å². The molecule has 0 bridgehead atoms. The van der Waals surface area contributed by atoms with Crippen molar-refractivity contribution >= 4 is 17.7 Å². The van der Waals surface area contributed by atoms with E-state index >= 15 is 0 Å². The lowest BCUT2D eigenvalue weighted by Gasteiger charge is -2.26. The minimum absolute atomic E-state index is 0.0549. The van der Waals surface area contributed by atoms with Gasteiger partial charge < -0.3 is 4.90 Å². The Morgan fingerprint density at radius 2 is 2.00 bits per heavy atom. The molecule has 0 spiro atoms. The van der Waals surface area contributed by atoms with Crippen molar-refractivity contribution in [1.29, 1.82) is 0 Å². The normalized spacial score (nSPS) is 19.8. The summed E-state index contributed by atoms with van der Waals surface area (Å²) < 4.78 is 1.52. The average molecular weight is 340 g/mol.